The second-order valence-electron chi connectivity index (χ2n) is 4.15. The van der Waals surface area contributed by atoms with Crippen LogP contribution >= 0.6 is 31.9 Å². The number of nitrogens with zero attached hydrogens (tertiary/aromatic N) is 1. The van der Waals surface area contributed by atoms with E-state index in [-0.39, 0.29) is 10.0 Å². The Hall–Kier alpha value is -0.850. The van der Waals surface area contributed by atoms with Gasteiger partial charge in [-0.3, -0.25) is 4.98 Å². The molecule has 0 fully saturated rings. The highest BCUT2D eigenvalue weighted by atomic mass is 79.9. The second kappa shape index (κ2) is 6.74. The lowest BCUT2D eigenvalue weighted by molar-refractivity contribution is 0.502. The van der Waals surface area contributed by atoms with Crippen molar-refractivity contribution in [3.63, 3.8) is 0 Å². The summed E-state index contributed by atoms with van der Waals surface area (Å²) in [4.78, 5) is 4.23. The second-order valence-corrected chi connectivity index (χ2v) is 5.92. The molecular formula is C14H12Br2F2N2. The predicted octanol–water partition coefficient (Wildman–Crippen LogP) is 4.58. The van der Waals surface area contributed by atoms with E-state index in [1.165, 1.54) is 12.1 Å². The first-order valence-corrected chi connectivity index (χ1v) is 7.61. The van der Waals surface area contributed by atoms with Crippen molar-refractivity contribution in [1.82, 2.24) is 10.3 Å². The molecule has 0 aliphatic carbocycles. The summed E-state index contributed by atoms with van der Waals surface area (Å²) >= 11 is 6.38. The fourth-order valence-corrected chi connectivity index (χ4v) is 2.50. The maximum Gasteiger partial charge on any atom is 0.145 e. The SMILES string of the molecule is CCNC(c1ccc(Br)cn1)c1c(F)ccc(Br)c1F. The summed E-state index contributed by atoms with van der Waals surface area (Å²) < 4.78 is 29.3. The first-order chi connectivity index (χ1) is 9.54. The van der Waals surface area contributed by atoms with E-state index in [1.807, 2.05) is 6.92 Å². The molecule has 0 aliphatic rings. The first kappa shape index (κ1) is 15.5. The molecule has 2 nitrogen and oxygen atoms in total. The van der Waals surface area contributed by atoms with Crippen molar-refractivity contribution < 1.29 is 8.78 Å². The van der Waals surface area contributed by atoms with Crippen molar-refractivity contribution in [3.8, 4) is 0 Å². The molecule has 0 aliphatic heterocycles. The lowest BCUT2D eigenvalue weighted by atomic mass is 10.0. The molecule has 20 heavy (non-hydrogen) atoms. The van der Waals surface area contributed by atoms with Crippen LogP contribution in [0.5, 0.6) is 0 Å². The molecule has 106 valence electrons. The van der Waals surface area contributed by atoms with Gasteiger partial charge in [-0.1, -0.05) is 6.92 Å². The minimum absolute atomic E-state index is 0.0314. The molecular weight excluding hydrogens is 394 g/mol. The highest BCUT2D eigenvalue weighted by molar-refractivity contribution is 9.10. The Bertz CT molecular complexity index is 603. The number of nitrogens with one attached hydrogen (secondary N) is 1. The number of aromatic nitrogens is 1. The minimum atomic E-state index is -0.634. The van der Waals surface area contributed by atoms with Crippen LogP contribution in [-0.4, -0.2) is 11.5 Å². The Morgan fingerprint density at radius 2 is 1.95 bits per heavy atom. The van der Waals surface area contributed by atoms with Crippen LogP contribution in [0.1, 0.15) is 24.2 Å². The maximum atomic E-state index is 14.2. The van der Waals surface area contributed by atoms with Crippen LogP contribution in [0.2, 0.25) is 0 Å². The smallest absolute Gasteiger partial charge is 0.145 e. The van der Waals surface area contributed by atoms with Crippen LogP contribution in [0.15, 0.2) is 39.4 Å². The Morgan fingerprint density at radius 1 is 1.20 bits per heavy atom. The highest BCUT2D eigenvalue weighted by Crippen LogP contribution is 2.30. The fourth-order valence-electron chi connectivity index (χ4n) is 1.92. The quantitative estimate of drug-likeness (QED) is 0.753. The first-order valence-electron chi connectivity index (χ1n) is 6.02. The van der Waals surface area contributed by atoms with Crippen molar-refractivity contribution in [2.75, 3.05) is 6.54 Å². The topological polar surface area (TPSA) is 24.9 Å². The summed E-state index contributed by atoms with van der Waals surface area (Å²) in [6.07, 6.45) is 1.60. The van der Waals surface area contributed by atoms with Crippen LogP contribution in [0.3, 0.4) is 0 Å². The summed E-state index contributed by atoms with van der Waals surface area (Å²) in [5.74, 6) is -1.21. The van der Waals surface area contributed by atoms with Gasteiger partial charge in [0.25, 0.3) is 0 Å². The number of rotatable bonds is 4. The van der Waals surface area contributed by atoms with Gasteiger partial charge in [0.05, 0.1) is 16.2 Å². The van der Waals surface area contributed by atoms with Crippen LogP contribution in [0.4, 0.5) is 8.78 Å². The molecule has 1 aromatic heterocycles. The third-order valence-corrected chi connectivity index (χ3v) is 3.90. The molecule has 0 bridgehead atoms. The Morgan fingerprint density at radius 3 is 2.55 bits per heavy atom. The number of hydrogen-bond donors (Lipinski definition) is 1. The van der Waals surface area contributed by atoms with E-state index in [9.17, 15) is 8.78 Å². The molecule has 1 heterocycles. The molecule has 1 unspecified atom stereocenters. The van der Waals surface area contributed by atoms with Crippen molar-refractivity contribution >= 4 is 31.9 Å². The van der Waals surface area contributed by atoms with Gasteiger partial charge >= 0.3 is 0 Å². The zero-order valence-corrected chi connectivity index (χ0v) is 13.8. The van der Waals surface area contributed by atoms with Gasteiger partial charge in [0, 0.05) is 16.2 Å². The lowest BCUT2D eigenvalue weighted by Gasteiger charge is -2.19. The fraction of sp³-hybridized carbons (Fsp3) is 0.214. The molecule has 0 saturated heterocycles. The zero-order chi connectivity index (χ0) is 14.7. The van der Waals surface area contributed by atoms with E-state index in [4.69, 9.17) is 0 Å². The zero-order valence-electron chi connectivity index (χ0n) is 10.6. The minimum Gasteiger partial charge on any atom is -0.305 e. The van der Waals surface area contributed by atoms with Crippen LogP contribution in [0, 0.1) is 11.6 Å². The molecule has 2 aromatic rings. The standard InChI is InChI=1S/C14H12Br2F2N2/c1-2-19-14(11-6-3-8(15)7-20-11)12-10(17)5-4-9(16)13(12)18/h3-7,14,19H,2H2,1H3. The van der Waals surface area contributed by atoms with Crippen molar-refractivity contribution in [2.45, 2.75) is 13.0 Å². The van der Waals surface area contributed by atoms with Crippen LogP contribution in [0.25, 0.3) is 0 Å². The normalized spacial score (nSPS) is 12.4. The number of halogens is 4. The predicted molar refractivity (Wildman–Crippen MR) is 81.5 cm³/mol. The van der Waals surface area contributed by atoms with E-state index < -0.39 is 17.7 Å². The third kappa shape index (κ3) is 3.24. The lowest BCUT2D eigenvalue weighted by Crippen LogP contribution is -2.25. The highest BCUT2D eigenvalue weighted by Gasteiger charge is 2.23. The molecule has 0 radical (unpaired) electrons. The van der Waals surface area contributed by atoms with Gasteiger partial charge in [-0.2, -0.15) is 0 Å². The monoisotopic (exact) mass is 404 g/mol. The summed E-state index contributed by atoms with van der Waals surface area (Å²) in [5.41, 5.74) is 0.530. The van der Waals surface area contributed by atoms with Crippen LogP contribution < -0.4 is 5.32 Å². The summed E-state index contributed by atoms with van der Waals surface area (Å²) in [6, 6.07) is 5.49. The van der Waals surface area contributed by atoms with Crippen molar-refractivity contribution in [3.05, 3.63) is 62.3 Å². The molecule has 0 amide bonds. The molecule has 2 rings (SSSR count). The number of benzene rings is 1. The number of hydrogen-bond acceptors (Lipinski definition) is 2. The van der Waals surface area contributed by atoms with Gasteiger partial charge in [0.1, 0.15) is 11.6 Å². The average molecular weight is 406 g/mol. The Kier molecular flexibility index (Phi) is 5.23. The van der Waals surface area contributed by atoms with E-state index >= 15 is 0 Å². The van der Waals surface area contributed by atoms with E-state index in [2.05, 4.69) is 42.2 Å². The van der Waals surface area contributed by atoms with Gasteiger partial charge in [0.2, 0.25) is 0 Å². The summed E-state index contributed by atoms with van der Waals surface area (Å²) in [5, 5.41) is 3.06. The maximum absolute atomic E-state index is 14.2. The van der Waals surface area contributed by atoms with Crippen molar-refractivity contribution in [2.24, 2.45) is 0 Å². The van der Waals surface area contributed by atoms with Gasteiger partial charge in [-0.15, -0.1) is 0 Å². The molecule has 0 saturated carbocycles. The third-order valence-electron chi connectivity index (χ3n) is 2.82. The molecule has 1 aromatic carbocycles. The van der Waals surface area contributed by atoms with Crippen LogP contribution in [-0.2, 0) is 0 Å². The van der Waals surface area contributed by atoms with E-state index in [0.29, 0.717) is 12.2 Å². The molecule has 0 spiro atoms. The van der Waals surface area contributed by atoms with Crippen molar-refractivity contribution in [1.29, 1.82) is 0 Å². The Labute approximate surface area is 132 Å². The molecule has 6 heteroatoms. The van der Waals surface area contributed by atoms with E-state index in [1.54, 1.807) is 18.3 Å². The Balaban J connectivity index is 2.54. The molecule has 1 atom stereocenters. The van der Waals surface area contributed by atoms with E-state index in [0.717, 1.165) is 4.47 Å². The van der Waals surface area contributed by atoms with Gasteiger partial charge in [0.15, 0.2) is 0 Å². The average Bonchev–Trinajstić information content (AvgIpc) is 2.43. The van der Waals surface area contributed by atoms with Gasteiger partial charge in [-0.05, 0) is 62.7 Å². The van der Waals surface area contributed by atoms with Gasteiger partial charge in [-0.25, -0.2) is 8.78 Å². The number of pyridine rings is 1. The summed E-state index contributed by atoms with van der Waals surface area (Å²) in [6.45, 7) is 2.44. The largest absolute Gasteiger partial charge is 0.305 e. The molecule has 1 N–H and O–H groups in total. The van der Waals surface area contributed by atoms with Gasteiger partial charge < -0.3 is 5.32 Å². The summed E-state index contributed by atoms with van der Waals surface area (Å²) in [7, 11) is 0.